The van der Waals surface area contributed by atoms with E-state index in [9.17, 15) is 4.79 Å². The standard InChI is InChI=1S/C13H22N2O2S/c1-17-13(16)11-9-10(18-12(11)15)7-5-3-2-4-6-8-14/h9H,2-8,14-15H2,1H3. The van der Waals surface area contributed by atoms with Crippen LogP contribution in [-0.4, -0.2) is 19.6 Å². The smallest absolute Gasteiger partial charge is 0.340 e. The summed E-state index contributed by atoms with van der Waals surface area (Å²) in [6, 6.07) is 1.85. The average molecular weight is 270 g/mol. The molecule has 1 aromatic heterocycles. The molecule has 0 radical (unpaired) electrons. The molecule has 1 heterocycles. The lowest BCUT2D eigenvalue weighted by Crippen LogP contribution is -2.01. The van der Waals surface area contributed by atoms with Crippen molar-refractivity contribution in [3.8, 4) is 0 Å². The van der Waals surface area contributed by atoms with Gasteiger partial charge in [0, 0.05) is 4.88 Å². The monoisotopic (exact) mass is 270 g/mol. The summed E-state index contributed by atoms with van der Waals surface area (Å²) in [5.41, 5.74) is 11.7. The molecule has 0 aliphatic heterocycles. The number of anilines is 1. The zero-order valence-corrected chi connectivity index (χ0v) is 11.7. The lowest BCUT2D eigenvalue weighted by atomic mass is 10.1. The number of methoxy groups -OCH3 is 1. The van der Waals surface area contributed by atoms with E-state index in [0.717, 1.165) is 30.7 Å². The Morgan fingerprint density at radius 1 is 1.28 bits per heavy atom. The zero-order chi connectivity index (χ0) is 13.4. The third kappa shape index (κ3) is 4.66. The van der Waals surface area contributed by atoms with Crippen LogP contribution < -0.4 is 11.5 Å². The zero-order valence-electron chi connectivity index (χ0n) is 10.9. The van der Waals surface area contributed by atoms with E-state index >= 15 is 0 Å². The third-order valence-corrected chi connectivity index (χ3v) is 3.87. The van der Waals surface area contributed by atoms with Crippen LogP contribution in [-0.2, 0) is 11.2 Å². The van der Waals surface area contributed by atoms with Crippen LogP contribution in [0.4, 0.5) is 5.00 Å². The van der Waals surface area contributed by atoms with E-state index in [0.29, 0.717) is 10.6 Å². The number of nitrogen functional groups attached to an aromatic ring is 1. The topological polar surface area (TPSA) is 78.3 Å². The van der Waals surface area contributed by atoms with E-state index in [1.54, 1.807) is 0 Å². The van der Waals surface area contributed by atoms with Gasteiger partial charge in [0.05, 0.1) is 12.7 Å². The summed E-state index contributed by atoms with van der Waals surface area (Å²) in [6.45, 7) is 0.782. The van der Waals surface area contributed by atoms with Crippen LogP contribution in [0.3, 0.4) is 0 Å². The van der Waals surface area contributed by atoms with E-state index in [-0.39, 0.29) is 5.97 Å². The lowest BCUT2D eigenvalue weighted by Gasteiger charge is -1.99. The first kappa shape index (κ1) is 15.0. The van der Waals surface area contributed by atoms with Crippen molar-refractivity contribution < 1.29 is 9.53 Å². The van der Waals surface area contributed by atoms with Crippen molar-refractivity contribution in [1.82, 2.24) is 0 Å². The number of rotatable bonds is 8. The van der Waals surface area contributed by atoms with Crippen LogP contribution in [0.5, 0.6) is 0 Å². The van der Waals surface area contributed by atoms with Gasteiger partial charge in [-0.3, -0.25) is 0 Å². The second kappa shape index (κ2) is 8.11. The van der Waals surface area contributed by atoms with Gasteiger partial charge in [0.2, 0.25) is 0 Å². The second-order valence-electron chi connectivity index (χ2n) is 4.29. The van der Waals surface area contributed by atoms with Gasteiger partial charge in [-0.25, -0.2) is 4.79 Å². The predicted octanol–water partition coefficient (Wildman–Crippen LogP) is 2.57. The van der Waals surface area contributed by atoms with Gasteiger partial charge >= 0.3 is 5.97 Å². The summed E-state index contributed by atoms with van der Waals surface area (Å²) in [5, 5.41) is 0.556. The van der Waals surface area contributed by atoms with Gasteiger partial charge in [0.1, 0.15) is 5.00 Å². The molecule has 0 saturated carbocycles. The number of aryl methyl sites for hydroxylation is 1. The molecule has 0 spiro atoms. The Bertz CT molecular complexity index is 377. The van der Waals surface area contributed by atoms with E-state index < -0.39 is 0 Å². The first-order valence-electron chi connectivity index (χ1n) is 6.35. The molecule has 0 atom stereocenters. The molecule has 0 aromatic carbocycles. The van der Waals surface area contributed by atoms with Crippen molar-refractivity contribution >= 4 is 22.3 Å². The Labute approximate surface area is 112 Å². The molecule has 4 N–H and O–H groups in total. The Kier molecular flexibility index (Phi) is 6.75. The highest BCUT2D eigenvalue weighted by atomic mass is 32.1. The van der Waals surface area contributed by atoms with E-state index in [1.165, 1.54) is 37.7 Å². The van der Waals surface area contributed by atoms with Crippen molar-refractivity contribution in [1.29, 1.82) is 0 Å². The van der Waals surface area contributed by atoms with Crippen molar-refractivity contribution in [3.05, 3.63) is 16.5 Å². The average Bonchev–Trinajstić information content (AvgIpc) is 2.74. The van der Waals surface area contributed by atoms with Gasteiger partial charge in [0.15, 0.2) is 0 Å². The van der Waals surface area contributed by atoms with Gasteiger partial charge in [-0.2, -0.15) is 0 Å². The van der Waals surface area contributed by atoms with E-state index in [4.69, 9.17) is 11.5 Å². The first-order valence-corrected chi connectivity index (χ1v) is 7.17. The van der Waals surface area contributed by atoms with Crippen LogP contribution in [0.2, 0.25) is 0 Å². The first-order chi connectivity index (χ1) is 8.69. The highest BCUT2D eigenvalue weighted by molar-refractivity contribution is 7.16. The molecule has 1 rings (SSSR count). The summed E-state index contributed by atoms with van der Waals surface area (Å²) in [5.74, 6) is -0.349. The normalized spacial score (nSPS) is 10.6. The largest absolute Gasteiger partial charge is 0.465 e. The number of thiophene rings is 1. The highest BCUT2D eigenvalue weighted by Crippen LogP contribution is 2.27. The molecule has 1 aromatic rings. The maximum atomic E-state index is 11.4. The minimum absolute atomic E-state index is 0.349. The van der Waals surface area contributed by atoms with Gasteiger partial charge in [-0.15, -0.1) is 11.3 Å². The van der Waals surface area contributed by atoms with Crippen LogP contribution >= 0.6 is 11.3 Å². The molecule has 0 aliphatic carbocycles. The fourth-order valence-electron chi connectivity index (χ4n) is 1.82. The molecule has 18 heavy (non-hydrogen) atoms. The van der Waals surface area contributed by atoms with Gasteiger partial charge in [-0.1, -0.05) is 19.3 Å². The van der Waals surface area contributed by atoms with Gasteiger partial charge < -0.3 is 16.2 Å². The fourth-order valence-corrected chi connectivity index (χ4v) is 2.78. The number of hydrogen-bond acceptors (Lipinski definition) is 5. The maximum Gasteiger partial charge on any atom is 0.340 e. The maximum absolute atomic E-state index is 11.4. The second-order valence-corrected chi connectivity index (χ2v) is 5.46. The summed E-state index contributed by atoms with van der Waals surface area (Å²) < 4.78 is 4.68. The number of carbonyl (C=O) groups excluding carboxylic acids is 1. The molecule has 4 nitrogen and oxygen atoms in total. The Balaban J connectivity index is 2.33. The minimum Gasteiger partial charge on any atom is -0.465 e. The molecule has 0 bridgehead atoms. The summed E-state index contributed by atoms with van der Waals surface area (Å²) in [7, 11) is 1.37. The summed E-state index contributed by atoms with van der Waals surface area (Å²) in [4.78, 5) is 12.5. The summed E-state index contributed by atoms with van der Waals surface area (Å²) >= 11 is 1.48. The quantitative estimate of drug-likeness (QED) is 0.562. The Morgan fingerprint density at radius 3 is 2.61 bits per heavy atom. The van der Waals surface area contributed by atoms with Crippen LogP contribution in [0.25, 0.3) is 0 Å². The molecule has 0 aliphatic rings. The van der Waals surface area contributed by atoms with Crippen LogP contribution in [0.1, 0.15) is 47.3 Å². The van der Waals surface area contributed by atoms with E-state index in [2.05, 4.69) is 4.74 Å². The molecular weight excluding hydrogens is 248 g/mol. The Hall–Kier alpha value is -1.07. The van der Waals surface area contributed by atoms with Crippen LogP contribution in [0.15, 0.2) is 6.07 Å². The van der Waals surface area contributed by atoms with Crippen molar-refractivity contribution in [3.63, 3.8) is 0 Å². The fraction of sp³-hybridized carbons (Fsp3) is 0.615. The number of hydrogen-bond donors (Lipinski definition) is 2. The lowest BCUT2D eigenvalue weighted by molar-refractivity contribution is 0.0602. The minimum atomic E-state index is -0.349. The number of carbonyl (C=O) groups is 1. The molecule has 102 valence electrons. The molecule has 0 amide bonds. The highest BCUT2D eigenvalue weighted by Gasteiger charge is 2.13. The molecule has 0 fully saturated rings. The molecule has 0 saturated heterocycles. The number of esters is 1. The Morgan fingerprint density at radius 2 is 1.94 bits per heavy atom. The third-order valence-electron chi connectivity index (χ3n) is 2.84. The van der Waals surface area contributed by atoms with Gasteiger partial charge in [0.25, 0.3) is 0 Å². The van der Waals surface area contributed by atoms with Crippen LogP contribution in [0, 0.1) is 0 Å². The number of nitrogens with two attached hydrogens (primary N) is 2. The molecular formula is C13H22N2O2S. The predicted molar refractivity (Wildman–Crippen MR) is 75.9 cm³/mol. The van der Waals surface area contributed by atoms with Crippen molar-refractivity contribution in [2.75, 3.05) is 19.4 Å². The number of unbranched alkanes of at least 4 members (excludes halogenated alkanes) is 4. The van der Waals surface area contributed by atoms with Crippen molar-refractivity contribution in [2.45, 2.75) is 38.5 Å². The number of ether oxygens (including phenoxy) is 1. The molecule has 5 heteroatoms. The van der Waals surface area contributed by atoms with Gasteiger partial charge in [-0.05, 0) is 31.9 Å². The molecule has 0 unspecified atom stereocenters. The summed E-state index contributed by atoms with van der Waals surface area (Å²) in [6.07, 6.45) is 6.85. The SMILES string of the molecule is COC(=O)c1cc(CCCCCCCN)sc1N. The van der Waals surface area contributed by atoms with E-state index in [1.807, 2.05) is 6.07 Å². The van der Waals surface area contributed by atoms with Crippen molar-refractivity contribution in [2.24, 2.45) is 5.73 Å².